The minimum Gasteiger partial charge on any atom is -0.299 e. The quantitative estimate of drug-likeness (QED) is 0.797. The lowest BCUT2D eigenvalue weighted by Gasteiger charge is -2.24. The van der Waals surface area contributed by atoms with Gasteiger partial charge in [-0.1, -0.05) is 0 Å². The Hall–Kier alpha value is -0.140. The maximum atomic E-state index is 12.7. The van der Waals surface area contributed by atoms with Crippen molar-refractivity contribution in [3.63, 3.8) is 0 Å². The molecule has 2 aliphatic heterocycles. The molecule has 0 aliphatic carbocycles. The Bertz CT molecular complexity index is 573. The van der Waals surface area contributed by atoms with Gasteiger partial charge < -0.3 is 0 Å². The molecule has 2 aliphatic rings. The van der Waals surface area contributed by atoms with Crippen LogP contribution in [0.2, 0.25) is 0 Å². The molecule has 1 atom stereocenters. The first kappa shape index (κ1) is 14.8. The van der Waals surface area contributed by atoms with Crippen molar-refractivity contribution in [2.45, 2.75) is 36.1 Å². The topological polar surface area (TPSA) is 40.6 Å². The highest BCUT2D eigenvalue weighted by atomic mass is 35.5. The smallest absolute Gasteiger partial charge is 0.243 e. The Morgan fingerprint density at radius 2 is 2.10 bits per heavy atom. The van der Waals surface area contributed by atoms with Gasteiger partial charge in [0.05, 0.1) is 10.8 Å². The minimum atomic E-state index is -3.35. The monoisotopic (exact) mass is 334 g/mol. The number of fused-ring (bicyclic) bond motifs is 1. The van der Waals surface area contributed by atoms with Gasteiger partial charge in [0.25, 0.3) is 0 Å². The Morgan fingerprint density at radius 1 is 1.30 bits per heavy atom. The van der Waals surface area contributed by atoms with Crippen LogP contribution in [0.5, 0.6) is 0 Å². The van der Waals surface area contributed by atoms with E-state index < -0.39 is 10.0 Å². The number of nitrogens with zero attached hydrogens (tertiary/aromatic N) is 2. The van der Waals surface area contributed by atoms with Crippen LogP contribution in [-0.2, 0) is 15.9 Å². The standard InChI is InChI=1S/C13H19ClN2O2S2/c14-8-12-7-13(10-19-12)20(17,18)16-6-2-5-15-4-1-3-11(15)9-16/h7,10-11H,1-6,8-9H2. The number of alkyl halides is 1. The average Bonchev–Trinajstić information content (AvgIpc) is 3.04. The van der Waals surface area contributed by atoms with E-state index in [2.05, 4.69) is 4.90 Å². The number of thiophene rings is 1. The molecule has 0 saturated carbocycles. The molecule has 0 aromatic carbocycles. The molecular weight excluding hydrogens is 316 g/mol. The predicted molar refractivity (Wildman–Crippen MR) is 81.8 cm³/mol. The molecular formula is C13H19ClN2O2S2. The summed E-state index contributed by atoms with van der Waals surface area (Å²) in [6.07, 6.45) is 3.22. The molecule has 2 saturated heterocycles. The molecule has 0 spiro atoms. The molecule has 7 heteroatoms. The summed E-state index contributed by atoms with van der Waals surface area (Å²) < 4.78 is 27.1. The molecule has 0 N–H and O–H groups in total. The van der Waals surface area contributed by atoms with E-state index in [0.717, 1.165) is 30.8 Å². The van der Waals surface area contributed by atoms with Crippen LogP contribution in [0.1, 0.15) is 24.1 Å². The van der Waals surface area contributed by atoms with E-state index in [1.807, 2.05) is 0 Å². The van der Waals surface area contributed by atoms with Crippen molar-refractivity contribution in [1.82, 2.24) is 9.21 Å². The first-order chi connectivity index (χ1) is 9.61. The molecule has 0 bridgehead atoms. The van der Waals surface area contributed by atoms with Gasteiger partial charge >= 0.3 is 0 Å². The van der Waals surface area contributed by atoms with Crippen molar-refractivity contribution in [1.29, 1.82) is 0 Å². The van der Waals surface area contributed by atoms with Crippen LogP contribution in [0, 0.1) is 0 Å². The molecule has 112 valence electrons. The summed E-state index contributed by atoms with van der Waals surface area (Å²) in [5, 5.41) is 1.71. The maximum Gasteiger partial charge on any atom is 0.243 e. The zero-order valence-corrected chi connectivity index (χ0v) is 13.7. The van der Waals surface area contributed by atoms with E-state index in [4.69, 9.17) is 11.6 Å². The minimum absolute atomic E-state index is 0.372. The SMILES string of the molecule is O=S(=O)(c1csc(CCl)c1)N1CCCN2CCCC2C1. The highest BCUT2D eigenvalue weighted by Crippen LogP contribution is 2.28. The van der Waals surface area contributed by atoms with Crippen LogP contribution < -0.4 is 0 Å². The van der Waals surface area contributed by atoms with Gasteiger partial charge in [-0.3, -0.25) is 4.90 Å². The first-order valence-electron chi connectivity index (χ1n) is 6.99. The summed E-state index contributed by atoms with van der Waals surface area (Å²) in [4.78, 5) is 3.75. The van der Waals surface area contributed by atoms with Crippen LogP contribution in [0.3, 0.4) is 0 Å². The van der Waals surface area contributed by atoms with Gasteiger partial charge in [0.2, 0.25) is 10.0 Å². The lowest BCUT2D eigenvalue weighted by molar-refractivity contribution is 0.257. The van der Waals surface area contributed by atoms with Crippen molar-refractivity contribution >= 4 is 33.0 Å². The van der Waals surface area contributed by atoms with E-state index in [-0.39, 0.29) is 0 Å². The summed E-state index contributed by atoms with van der Waals surface area (Å²) in [6, 6.07) is 2.11. The fourth-order valence-electron chi connectivity index (χ4n) is 3.11. The number of sulfonamides is 1. The van der Waals surface area contributed by atoms with E-state index >= 15 is 0 Å². The molecule has 2 fully saturated rings. The second-order valence-electron chi connectivity index (χ2n) is 5.43. The van der Waals surface area contributed by atoms with Crippen molar-refractivity contribution in [2.24, 2.45) is 0 Å². The van der Waals surface area contributed by atoms with Gasteiger partial charge in [0.1, 0.15) is 0 Å². The van der Waals surface area contributed by atoms with E-state index in [9.17, 15) is 8.42 Å². The first-order valence-corrected chi connectivity index (χ1v) is 9.84. The zero-order chi connectivity index (χ0) is 14.2. The molecule has 3 heterocycles. The predicted octanol–water partition coefficient (Wildman–Crippen LogP) is 2.35. The summed E-state index contributed by atoms with van der Waals surface area (Å²) in [7, 11) is -3.35. The van der Waals surface area contributed by atoms with E-state index in [1.165, 1.54) is 17.8 Å². The van der Waals surface area contributed by atoms with Crippen LogP contribution in [0.25, 0.3) is 0 Å². The highest BCUT2D eigenvalue weighted by molar-refractivity contribution is 7.89. The van der Waals surface area contributed by atoms with E-state index in [0.29, 0.717) is 29.9 Å². The third kappa shape index (κ3) is 2.76. The lowest BCUT2D eigenvalue weighted by Crippen LogP contribution is -2.39. The van der Waals surface area contributed by atoms with E-state index in [1.54, 1.807) is 15.8 Å². The van der Waals surface area contributed by atoms with Gasteiger partial charge in [0.15, 0.2) is 0 Å². The molecule has 0 radical (unpaired) electrons. The third-order valence-corrected chi connectivity index (χ3v) is 7.54. The fourth-order valence-corrected chi connectivity index (χ4v) is 6.00. The number of hydrogen-bond donors (Lipinski definition) is 0. The summed E-state index contributed by atoms with van der Waals surface area (Å²) in [6.45, 7) is 3.40. The van der Waals surface area contributed by atoms with Crippen LogP contribution in [-0.4, -0.2) is 49.8 Å². The van der Waals surface area contributed by atoms with Crippen LogP contribution in [0.4, 0.5) is 0 Å². The Labute approximate surface area is 129 Å². The zero-order valence-electron chi connectivity index (χ0n) is 11.3. The number of rotatable bonds is 3. The molecule has 1 aromatic rings. The second-order valence-corrected chi connectivity index (χ2v) is 8.63. The summed E-state index contributed by atoms with van der Waals surface area (Å²) in [5.41, 5.74) is 0. The van der Waals surface area contributed by atoms with Gasteiger partial charge in [-0.2, -0.15) is 4.31 Å². The van der Waals surface area contributed by atoms with Gasteiger partial charge in [-0.05, 0) is 38.4 Å². The van der Waals surface area contributed by atoms with Crippen LogP contribution in [0.15, 0.2) is 16.3 Å². The van der Waals surface area contributed by atoms with Crippen molar-refractivity contribution in [3.8, 4) is 0 Å². The molecule has 1 aromatic heterocycles. The maximum absolute atomic E-state index is 12.7. The Kier molecular flexibility index (Phi) is 4.38. The third-order valence-electron chi connectivity index (χ3n) is 4.17. The Balaban J connectivity index is 1.82. The Morgan fingerprint density at radius 3 is 2.85 bits per heavy atom. The molecule has 3 rings (SSSR count). The van der Waals surface area contributed by atoms with Gasteiger partial charge in [-0.25, -0.2) is 8.42 Å². The summed E-state index contributed by atoms with van der Waals surface area (Å²) >= 11 is 7.19. The fraction of sp³-hybridized carbons (Fsp3) is 0.692. The van der Waals surface area contributed by atoms with Crippen LogP contribution >= 0.6 is 22.9 Å². The summed E-state index contributed by atoms with van der Waals surface area (Å²) in [5.74, 6) is 0.372. The highest BCUT2D eigenvalue weighted by Gasteiger charge is 2.34. The van der Waals surface area contributed by atoms with Gasteiger partial charge in [-0.15, -0.1) is 22.9 Å². The van der Waals surface area contributed by atoms with Crippen molar-refractivity contribution in [3.05, 3.63) is 16.3 Å². The molecule has 0 amide bonds. The lowest BCUT2D eigenvalue weighted by atomic mass is 10.2. The normalized spacial score (nSPS) is 25.6. The average molecular weight is 335 g/mol. The molecule has 1 unspecified atom stereocenters. The van der Waals surface area contributed by atoms with Gasteiger partial charge in [0, 0.05) is 29.4 Å². The van der Waals surface area contributed by atoms with Crippen molar-refractivity contribution in [2.75, 3.05) is 26.2 Å². The second kappa shape index (κ2) is 5.93. The van der Waals surface area contributed by atoms with Crippen molar-refractivity contribution < 1.29 is 8.42 Å². The largest absolute Gasteiger partial charge is 0.299 e. The molecule has 20 heavy (non-hydrogen) atoms. The number of hydrogen-bond acceptors (Lipinski definition) is 4. The number of halogens is 1. The molecule has 4 nitrogen and oxygen atoms in total.